The van der Waals surface area contributed by atoms with Gasteiger partial charge in [0.25, 0.3) is 0 Å². The zero-order valence-corrected chi connectivity index (χ0v) is 20.7. The van der Waals surface area contributed by atoms with Crippen LogP contribution in [0.5, 0.6) is 0 Å². The molecule has 1 saturated heterocycles. The van der Waals surface area contributed by atoms with Crippen LogP contribution in [0, 0.1) is 11.7 Å². The van der Waals surface area contributed by atoms with E-state index in [0.717, 1.165) is 44.1 Å². The fourth-order valence-corrected chi connectivity index (χ4v) is 4.25. The third kappa shape index (κ3) is 5.73. The minimum atomic E-state index is -0.305. The highest BCUT2D eigenvalue weighted by Crippen LogP contribution is 2.26. The van der Waals surface area contributed by atoms with Crippen LogP contribution in [0.2, 0.25) is 0 Å². The van der Waals surface area contributed by atoms with Gasteiger partial charge in [-0.2, -0.15) is 9.97 Å². The Morgan fingerprint density at radius 1 is 0.889 bits per heavy atom. The number of hydrogen-bond donors (Lipinski definition) is 1. The summed E-state index contributed by atoms with van der Waals surface area (Å²) in [5.74, 6) is 2.06. The molecule has 0 spiro atoms. The Morgan fingerprint density at radius 2 is 1.64 bits per heavy atom. The first-order valence-electron chi connectivity index (χ1n) is 12.5. The normalized spacial score (nSPS) is 14.5. The fraction of sp³-hybridized carbons (Fsp3) is 0.370. The molecule has 0 aliphatic carbocycles. The van der Waals surface area contributed by atoms with Crippen LogP contribution in [0.4, 0.5) is 16.2 Å². The second-order valence-electron chi connectivity index (χ2n) is 9.54. The molecule has 5 rings (SSSR count). The van der Waals surface area contributed by atoms with Crippen molar-refractivity contribution in [1.29, 1.82) is 0 Å². The minimum Gasteiger partial charge on any atom is -0.352 e. The van der Waals surface area contributed by atoms with Gasteiger partial charge in [-0.15, -0.1) is 10.2 Å². The molecule has 0 radical (unpaired) electrons. The summed E-state index contributed by atoms with van der Waals surface area (Å²) in [7, 11) is 0. The maximum absolute atomic E-state index is 13.4. The van der Waals surface area contributed by atoms with Crippen molar-refractivity contribution in [2.75, 3.05) is 42.9 Å². The molecule has 0 unspecified atom stereocenters. The second kappa shape index (κ2) is 10.9. The average molecular weight is 487 g/mol. The number of nitrogens with one attached hydrogen (secondary N) is 1. The molecule has 186 valence electrons. The third-order valence-corrected chi connectivity index (χ3v) is 6.39. The molecule has 0 saturated carbocycles. The van der Waals surface area contributed by atoms with Gasteiger partial charge in [0.1, 0.15) is 5.82 Å². The maximum atomic E-state index is 13.4. The van der Waals surface area contributed by atoms with E-state index in [-0.39, 0.29) is 5.82 Å². The molecule has 0 amide bonds. The molecule has 8 nitrogen and oxygen atoms in total. The molecule has 3 heterocycles. The summed E-state index contributed by atoms with van der Waals surface area (Å²) in [6.07, 6.45) is 1.20. The van der Waals surface area contributed by atoms with Crippen molar-refractivity contribution in [2.24, 2.45) is 5.92 Å². The summed E-state index contributed by atoms with van der Waals surface area (Å²) in [6.45, 7) is 9.86. The molecule has 1 fully saturated rings. The minimum absolute atomic E-state index is 0.305. The second-order valence-corrected chi connectivity index (χ2v) is 9.54. The lowest BCUT2D eigenvalue weighted by Gasteiger charge is -2.35. The van der Waals surface area contributed by atoms with E-state index >= 15 is 0 Å². The summed E-state index contributed by atoms with van der Waals surface area (Å²) in [5, 5.41) is 12.0. The van der Waals surface area contributed by atoms with E-state index in [2.05, 4.69) is 56.3 Å². The molecule has 2 aromatic carbocycles. The van der Waals surface area contributed by atoms with E-state index in [0.29, 0.717) is 41.0 Å². The van der Waals surface area contributed by atoms with Crippen molar-refractivity contribution in [1.82, 2.24) is 30.0 Å². The van der Waals surface area contributed by atoms with Crippen LogP contribution in [-0.4, -0.2) is 62.8 Å². The molecule has 0 bridgehead atoms. The van der Waals surface area contributed by atoms with Crippen LogP contribution in [0.15, 0.2) is 54.6 Å². The molecular formula is C27H31FN8. The first-order chi connectivity index (χ1) is 17.5. The molecule has 1 N–H and O–H groups in total. The third-order valence-electron chi connectivity index (χ3n) is 6.39. The Morgan fingerprint density at radius 3 is 2.36 bits per heavy atom. The van der Waals surface area contributed by atoms with E-state index in [1.807, 2.05) is 18.2 Å². The molecule has 36 heavy (non-hydrogen) atoms. The number of aromatic nitrogens is 5. The van der Waals surface area contributed by atoms with Crippen LogP contribution in [0.25, 0.3) is 22.6 Å². The summed E-state index contributed by atoms with van der Waals surface area (Å²) in [6, 6.07) is 16.2. The van der Waals surface area contributed by atoms with E-state index in [9.17, 15) is 4.39 Å². The largest absolute Gasteiger partial charge is 0.352 e. The molecule has 4 aromatic rings. The van der Waals surface area contributed by atoms with Gasteiger partial charge in [-0.05, 0) is 48.7 Å². The highest BCUT2D eigenvalue weighted by atomic mass is 19.1. The predicted molar refractivity (Wildman–Crippen MR) is 140 cm³/mol. The first kappa shape index (κ1) is 24.0. The molecule has 1 aliphatic rings. The van der Waals surface area contributed by atoms with Gasteiger partial charge in [-0.1, -0.05) is 44.2 Å². The van der Waals surface area contributed by atoms with Gasteiger partial charge in [0.2, 0.25) is 11.6 Å². The summed E-state index contributed by atoms with van der Waals surface area (Å²) in [5.41, 5.74) is 2.87. The molecule has 0 atom stereocenters. The summed E-state index contributed by atoms with van der Waals surface area (Å²) in [4.78, 5) is 19.0. The number of nitrogens with zero attached hydrogens (tertiary/aromatic N) is 7. The standard InChI is InChI=1S/C27H31FN8/c1-19(2)12-13-35-14-16-36(17-15-35)26-23-25(31-27(32-26)29-18-20-6-4-3-5-7-20)34-33-24(30-23)21-8-10-22(28)11-9-21/h3-11,19H,12-18H2,1-2H3,(H,29,31,32,34). The van der Waals surface area contributed by atoms with Gasteiger partial charge in [0, 0.05) is 38.3 Å². The van der Waals surface area contributed by atoms with Gasteiger partial charge in [0.05, 0.1) is 0 Å². The Bertz CT molecular complexity index is 1290. The Labute approximate surface area is 210 Å². The van der Waals surface area contributed by atoms with Crippen molar-refractivity contribution >= 4 is 22.9 Å². The van der Waals surface area contributed by atoms with Crippen LogP contribution < -0.4 is 10.2 Å². The Hall–Kier alpha value is -3.72. The number of halogens is 1. The number of piperazine rings is 1. The Balaban J connectivity index is 1.45. The Kier molecular flexibility index (Phi) is 7.27. The lowest BCUT2D eigenvalue weighted by molar-refractivity contribution is 0.243. The van der Waals surface area contributed by atoms with E-state index < -0.39 is 0 Å². The zero-order chi connectivity index (χ0) is 24.9. The van der Waals surface area contributed by atoms with Crippen LogP contribution >= 0.6 is 0 Å². The van der Waals surface area contributed by atoms with Crippen molar-refractivity contribution in [3.05, 3.63) is 66.0 Å². The lowest BCUT2D eigenvalue weighted by Crippen LogP contribution is -2.47. The zero-order valence-electron chi connectivity index (χ0n) is 20.7. The number of fused-ring (bicyclic) bond motifs is 1. The number of hydrogen-bond acceptors (Lipinski definition) is 8. The predicted octanol–water partition coefficient (Wildman–Crippen LogP) is 4.40. The van der Waals surface area contributed by atoms with E-state index in [4.69, 9.17) is 9.97 Å². The highest BCUT2D eigenvalue weighted by molar-refractivity contribution is 5.85. The van der Waals surface area contributed by atoms with Gasteiger partial charge in [0.15, 0.2) is 17.2 Å². The number of anilines is 2. The SMILES string of the molecule is CC(C)CCN1CCN(c2nc(NCc3ccccc3)nc3nnc(-c4ccc(F)cc4)nc23)CC1. The fourth-order valence-electron chi connectivity index (χ4n) is 4.25. The molecule has 1 aliphatic heterocycles. The number of rotatable bonds is 8. The first-order valence-corrected chi connectivity index (χ1v) is 12.5. The molecule has 9 heteroatoms. The monoisotopic (exact) mass is 486 g/mol. The van der Waals surface area contributed by atoms with Crippen LogP contribution in [0.3, 0.4) is 0 Å². The molecular weight excluding hydrogens is 455 g/mol. The van der Waals surface area contributed by atoms with Crippen molar-refractivity contribution in [2.45, 2.75) is 26.8 Å². The maximum Gasteiger partial charge on any atom is 0.227 e. The summed E-state index contributed by atoms with van der Waals surface area (Å²) >= 11 is 0. The lowest BCUT2D eigenvalue weighted by atomic mass is 10.1. The number of benzene rings is 2. The molecule has 2 aromatic heterocycles. The van der Waals surface area contributed by atoms with Crippen molar-refractivity contribution < 1.29 is 4.39 Å². The topological polar surface area (TPSA) is 83.0 Å². The van der Waals surface area contributed by atoms with Gasteiger partial charge in [-0.25, -0.2) is 9.37 Å². The van der Waals surface area contributed by atoms with Gasteiger partial charge >= 0.3 is 0 Å². The van der Waals surface area contributed by atoms with E-state index in [1.54, 1.807) is 12.1 Å². The quantitative estimate of drug-likeness (QED) is 0.392. The van der Waals surface area contributed by atoms with E-state index in [1.165, 1.54) is 18.6 Å². The van der Waals surface area contributed by atoms with Gasteiger partial charge < -0.3 is 10.2 Å². The van der Waals surface area contributed by atoms with Gasteiger partial charge in [-0.3, -0.25) is 4.90 Å². The average Bonchev–Trinajstić information content (AvgIpc) is 2.91. The van der Waals surface area contributed by atoms with Crippen molar-refractivity contribution in [3.8, 4) is 11.4 Å². The summed E-state index contributed by atoms with van der Waals surface area (Å²) < 4.78 is 13.4. The van der Waals surface area contributed by atoms with Crippen LogP contribution in [0.1, 0.15) is 25.8 Å². The van der Waals surface area contributed by atoms with Crippen LogP contribution in [-0.2, 0) is 6.54 Å². The van der Waals surface area contributed by atoms with Crippen molar-refractivity contribution in [3.63, 3.8) is 0 Å². The highest BCUT2D eigenvalue weighted by Gasteiger charge is 2.23. The smallest absolute Gasteiger partial charge is 0.227 e.